The van der Waals surface area contributed by atoms with E-state index in [0.29, 0.717) is 62.1 Å². The molecule has 0 saturated heterocycles. The first kappa shape index (κ1) is 70.5. The first-order chi connectivity index (χ1) is 44.6. The second-order valence-corrected chi connectivity index (χ2v) is 29.5. The number of carbonyl (C=O) groups excluding carboxylic acids is 4. The third kappa shape index (κ3) is 15.3. The maximum Gasteiger partial charge on any atom is 0.344 e. The average Bonchev–Trinajstić information content (AvgIpc) is 1.55. The number of esters is 4. The summed E-state index contributed by atoms with van der Waals surface area (Å²) in [5.41, 5.74) is 8.72. The molecule has 95 heavy (non-hydrogen) atoms. The maximum absolute atomic E-state index is 14.7. The van der Waals surface area contributed by atoms with Crippen LogP contribution >= 0.6 is 0 Å². The normalized spacial score (nSPS) is 15.6. The van der Waals surface area contributed by atoms with Gasteiger partial charge in [0, 0.05) is 61.7 Å². The third-order valence-electron chi connectivity index (χ3n) is 18.1. The van der Waals surface area contributed by atoms with Crippen LogP contribution in [0.5, 0.6) is 28.7 Å². The molecule has 2 aliphatic heterocycles. The number of carbonyl (C=O) groups is 4. The molecule has 1 spiro atoms. The molecule has 17 nitrogen and oxygen atoms in total. The van der Waals surface area contributed by atoms with Gasteiger partial charge < -0.3 is 47.5 Å². The van der Waals surface area contributed by atoms with Crippen LogP contribution in [0, 0.1) is 10.1 Å². The number of hydrogen-bond acceptors (Lipinski definition) is 16. The highest BCUT2D eigenvalue weighted by molar-refractivity contribution is 5.76. The highest BCUT2D eigenvalue weighted by Crippen LogP contribution is 2.55. The topological polar surface area (TPSA) is 198 Å². The van der Waals surface area contributed by atoms with E-state index >= 15 is 0 Å². The van der Waals surface area contributed by atoms with Gasteiger partial charge in [0.25, 0.3) is 5.69 Å². The number of fused-ring (bicyclic) bond motifs is 10. The first-order valence-electron chi connectivity index (χ1n) is 32.9. The number of nitro groups is 1. The number of benzene rings is 6. The molecular weight excluding hydrogens is 1200 g/mol. The summed E-state index contributed by atoms with van der Waals surface area (Å²) in [6, 6.07) is 27.7. The number of likely N-dealkylation sites (N-methyl/N-ethyl adjacent to an activating group) is 1. The van der Waals surface area contributed by atoms with Crippen molar-refractivity contribution in [2.24, 2.45) is 0 Å². The smallest absolute Gasteiger partial charge is 0.344 e. The molecule has 0 saturated carbocycles. The molecule has 1 aliphatic carbocycles. The van der Waals surface area contributed by atoms with Gasteiger partial charge in [-0.05, 0) is 147 Å². The summed E-state index contributed by atoms with van der Waals surface area (Å²) in [4.78, 5) is 69.3. The number of anilines is 1. The molecule has 2 heterocycles. The molecule has 0 amide bonds. The summed E-state index contributed by atoms with van der Waals surface area (Å²) in [7, 11) is 1.96. The summed E-state index contributed by atoms with van der Waals surface area (Å²) < 4.78 is 56.9. The molecule has 9 rings (SSSR count). The SMILES string of the molecule is CCOC(=O)COc1c2cc(C(C)(C)C)cc1Cc1cc(C(C)(C)C)cc(c1OCC(=O)OCC)Cc1cc(C(C)(C)C)cc(c1OCC(=O)OCc1cc([N+](=O)[O-])cc3c1OC1(C=C3)N(C)c3ccccc3C1(C)C)Cc1cc(C(C)(C)C)cc(c1OCC(=O)OCC)C2. The van der Waals surface area contributed by atoms with Crippen molar-refractivity contribution in [1.82, 2.24) is 0 Å². The van der Waals surface area contributed by atoms with Crippen LogP contribution in [0.25, 0.3) is 6.08 Å². The lowest BCUT2D eigenvalue weighted by atomic mass is 9.76. The van der Waals surface area contributed by atoms with Crippen LogP contribution in [0.3, 0.4) is 0 Å². The molecule has 6 aromatic carbocycles. The molecule has 0 aromatic heterocycles. The largest absolute Gasteiger partial charge is 0.481 e. The second kappa shape index (κ2) is 27.5. The van der Waals surface area contributed by atoms with Gasteiger partial charge in [0.15, 0.2) is 26.4 Å². The summed E-state index contributed by atoms with van der Waals surface area (Å²) >= 11 is 0. The number of nitrogens with zero attached hydrogens (tertiary/aromatic N) is 2. The Morgan fingerprint density at radius 3 is 1.14 bits per heavy atom. The van der Waals surface area contributed by atoms with Crippen LogP contribution in [0.1, 0.15) is 201 Å². The average molecular weight is 1300 g/mol. The quantitative estimate of drug-likeness (QED) is 0.0340. The minimum atomic E-state index is -1.04. The molecule has 0 fully saturated rings. The van der Waals surface area contributed by atoms with Crippen molar-refractivity contribution in [1.29, 1.82) is 0 Å². The van der Waals surface area contributed by atoms with Crippen LogP contribution in [0.15, 0.2) is 91.0 Å². The summed E-state index contributed by atoms with van der Waals surface area (Å²) in [5.74, 6) is -0.422. The van der Waals surface area contributed by atoms with E-state index in [9.17, 15) is 29.3 Å². The fraction of sp³-hybridized carbons (Fsp3) is 0.462. The Hall–Kier alpha value is -8.86. The Bertz CT molecular complexity index is 3840. The van der Waals surface area contributed by atoms with Gasteiger partial charge in [-0.15, -0.1) is 0 Å². The minimum absolute atomic E-state index is 0.138. The number of rotatable bonds is 18. The number of nitro benzene ring substituents is 1. The van der Waals surface area contributed by atoms with E-state index in [4.69, 9.17) is 42.6 Å². The zero-order valence-electron chi connectivity index (χ0n) is 58.7. The monoisotopic (exact) mass is 1300 g/mol. The van der Waals surface area contributed by atoms with Gasteiger partial charge in [-0.2, -0.15) is 0 Å². The molecule has 1 atom stereocenters. The Kier molecular flexibility index (Phi) is 20.4. The fourth-order valence-corrected chi connectivity index (χ4v) is 12.8. The molecule has 8 bridgehead atoms. The lowest BCUT2D eigenvalue weighted by Gasteiger charge is -2.46. The van der Waals surface area contributed by atoms with Gasteiger partial charge in [0.2, 0.25) is 5.72 Å². The number of para-hydroxylation sites is 1. The van der Waals surface area contributed by atoms with Gasteiger partial charge in [0.1, 0.15) is 35.4 Å². The first-order valence-corrected chi connectivity index (χ1v) is 32.9. The predicted molar refractivity (Wildman–Crippen MR) is 367 cm³/mol. The fourth-order valence-electron chi connectivity index (χ4n) is 12.8. The Morgan fingerprint density at radius 1 is 0.505 bits per heavy atom. The molecule has 0 radical (unpaired) electrons. The molecule has 506 valence electrons. The van der Waals surface area contributed by atoms with Gasteiger partial charge in [-0.25, -0.2) is 19.2 Å². The molecule has 3 aliphatic rings. The standard InChI is InChI=1S/C78H94N2O15/c1-19-87-64(81)43-91-68-48-28-50-34-58(74(7,8)9)36-52(69(50)92-44-65(82)88-20-2)30-54-38-60(76(13,14)15)39-55(31-53-37-59(75(10,11)12)35-51(70(53)93-45-66(83)89-21-3)29-49(68)33-57(32-48)73(4,5)6)71(54)94-46-67(84)90-42-56-41-61(80(85)86)40-47-26-27-78(95-72(47)56)77(16,17)62-24-22-23-25-63(62)79(78)18/h22-27,32-41H,19-21,28-31,42-46H2,1-18H3. The molecule has 1 unspecified atom stereocenters. The van der Waals surface area contributed by atoms with Crippen LogP contribution in [-0.2, 0) is 97.5 Å². The molecule has 17 heteroatoms. The van der Waals surface area contributed by atoms with Crippen LogP contribution in [0.2, 0.25) is 0 Å². The number of ether oxygens (including phenoxy) is 9. The summed E-state index contributed by atoms with van der Waals surface area (Å²) in [5, 5.41) is 12.5. The summed E-state index contributed by atoms with van der Waals surface area (Å²) in [6.07, 6.45) is 4.47. The zero-order valence-corrected chi connectivity index (χ0v) is 58.7. The highest BCUT2D eigenvalue weighted by Gasteiger charge is 2.58. The van der Waals surface area contributed by atoms with Crippen molar-refractivity contribution in [3.63, 3.8) is 0 Å². The molecule has 0 N–H and O–H groups in total. The van der Waals surface area contributed by atoms with Crippen molar-refractivity contribution in [2.75, 3.05) is 58.2 Å². The van der Waals surface area contributed by atoms with Crippen molar-refractivity contribution in [3.05, 3.63) is 185 Å². The lowest BCUT2D eigenvalue weighted by molar-refractivity contribution is -0.385. The number of hydrogen-bond donors (Lipinski definition) is 0. The minimum Gasteiger partial charge on any atom is -0.481 e. The van der Waals surface area contributed by atoms with Gasteiger partial charge in [-0.1, -0.05) is 150 Å². The van der Waals surface area contributed by atoms with E-state index in [2.05, 4.69) is 156 Å². The van der Waals surface area contributed by atoms with Gasteiger partial charge in [-0.3, -0.25) is 10.1 Å². The lowest BCUT2D eigenvalue weighted by Crippen LogP contribution is -2.58. The Balaban J connectivity index is 1.26. The van der Waals surface area contributed by atoms with Gasteiger partial charge in [0.05, 0.1) is 30.2 Å². The Morgan fingerprint density at radius 2 is 0.832 bits per heavy atom. The Labute approximate surface area is 559 Å². The van der Waals surface area contributed by atoms with Crippen molar-refractivity contribution < 1.29 is 66.7 Å². The van der Waals surface area contributed by atoms with E-state index in [1.54, 1.807) is 20.8 Å². The molecule has 6 aromatic rings. The van der Waals surface area contributed by atoms with E-state index in [0.717, 1.165) is 55.8 Å². The van der Waals surface area contributed by atoms with Crippen molar-refractivity contribution >= 4 is 41.3 Å². The van der Waals surface area contributed by atoms with Crippen molar-refractivity contribution in [3.8, 4) is 28.7 Å². The predicted octanol–water partition coefficient (Wildman–Crippen LogP) is 14.9. The van der Waals surface area contributed by atoms with Crippen LogP contribution in [-0.4, -0.2) is 87.8 Å². The summed E-state index contributed by atoms with van der Waals surface area (Å²) in [6.45, 7) is 33.2. The van der Waals surface area contributed by atoms with Crippen LogP contribution in [0.4, 0.5) is 11.4 Å². The van der Waals surface area contributed by atoms with Crippen LogP contribution < -0.4 is 28.6 Å². The van der Waals surface area contributed by atoms with Gasteiger partial charge >= 0.3 is 23.9 Å². The zero-order chi connectivity index (χ0) is 69.3. The number of non-ortho nitro benzene ring substituents is 1. The molecular formula is C78H94N2O15. The second-order valence-electron chi connectivity index (χ2n) is 29.5. The maximum atomic E-state index is 14.7. The third-order valence-corrected chi connectivity index (χ3v) is 18.1. The van der Waals surface area contributed by atoms with Crippen molar-refractivity contribution in [2.45, 2.75) is 183 Å². The highest BCUT2D eigenvalue weighted by atomic mass is 16.6. The van der Waals surface area contributed by atoms with E-state index in [1.807, 2.05) is 37.4 Å². The van der Waals surface area contributed by atoms with E-state index in [-0.39, 0.29) is 51.2 Å². The van der Waals surface area contributed by atoms with E-state index < -0.39 is 94.6 Å². The van der Waals surface area contributed by atoms with E-state index in [1.165, 1.54) is 12.1 Å².